The van der Waals surface area contributed by atoms with Crippen LogP contribution in [0.5, 0.6) is 0 Å². The molecule has 2 aromatic carbocycles. The first kappa shape index (κ1) is 28.3. The van der Waals surface area contributed by atoms with Crippen molar-refractivity contribution in [2.75, 3.05) is 13.1 Å². The molecule has 0 spiro atoms. The van der Waals surface area contributed by atoms with Gasteiger partial charge in [0.1, 0.15) is 5.01 Å². The Balaban J connectivity index is 1.41. The highest BCUT2D eigenvalue weighted by Gasteiger charge is 2.34. The lowest BCUT2D eigenvalue weighted by Crippen LogP contribution is -2.52. The highest BCUT2D eigenvalue weighted by Crippen LogP contribution is 2.35. The Bertz CT molecular complexity index is 1330. The van der Waals surface area contributed by atoms with Gasteiger partial charge >= 0.3 is 0 Å². The average molecular weight is 569 g/mol. The lowest BCUT2D eigenvalue weighted by Gasteiger charge is -2.29. The molecule has 7 nitrogen and oxygen atoms in total. The molecule has 5 rings (SSSR count). The molecular weight excluding hydrogens is 534 g/mol. The summed E-state index contributed by atoms with van der Waals surface area (Å²) in [6.07, 6.45) is -0.137. The molecule has 1 aromatic heterocycles. The molecule has 0 saturated carbocycles. The molecule has 2 amide bonds. The number of aliphatic hydroxyl groups excluding tert-OH is 1. The zero-order chi connectivity index (χ0) is 28.2. The number of aryl methyl sites for hydroxylation is 1. The van der Waals surface area contributed by atoms with E-state index < -0.39 is 35.9 Å². The molecule has 2 aliphatic heterocycles. The minimum atomic E-state index is -2.86. The quantitative estimate of drug-likeness (QED) is 0.344. The standard InChI is InChI=1S/C30H34F2N4O3S/c1-18-17-40-29(34-18)25-10-6-12-36(25)30(39)22-15-20(27(31)32)14-21(16-22)28(38)35-24(13-19-7-3-2-4-8-19)26(37)23-9-5-11-33-23/h2-4,7-8,14-17,23-27,33,37H,5-6,9-13H2,1H3,(H,35,38). The fourth-order valence-electron chi connectivity index (χ4n) is 5.65. The van der Waals surface area contributed by atoms with Gasteiger partial charge in [0.25, 0.3) is 18.2 Å². The number of aliphatic hydroxyl groups is 1. The number of carbonyl (C=O) groups excluding carboxylic acids is 2. The van der Waals surface area contributed by atoms with Crippen LogP contribution in [0.2, 0.25) is 0 Å². The van der Waals surface area contributed by atoms with Crippen LogP contribution in [0.4, 0.5) is 8.78 Å². The first-order valence-electron chi connectivity index (χ1n) is 13.7. The SMILES string of the molecule is Cc1csc(C2CCCN2C(=O)c2cc(C(=O)NC(Cc3ccccc3)C(O)C3CCCN3)cc(C(F)F)c2)n1. The van der Waals surface area contributed by atoms with E-state index in [1.807, 2.05) is 42.6 Å². The largest absolute Gasteiger partial charge is 0.389 e. The zero-order valence-corrected chi connectivity index (χ0v) is 23.2. The summed E-state index contributed by atoms with van der Waals surface area (Å²) in [5, 5.41) is 20.1. The number of nitrogens with zero attached hydrogens (tertiary/aromatic N) is 2. The van der Waals surface area contributed by atoms with Crippen molar-refractivity contribution in [1.29, 1.82) is 0 Å². The summed E-state index contributed by atoms with van der Waals surface area (Å²) in [6.45, 7) is 3.17. The van der Waals surface area contributed by atoms with Crippen molar-refractivity contribution in [2.24, 2.45) is 0 Å². The Kier molecular flexibility index (Phi) is 8.87. The van der Waals surface area contributed by atoms with Crippen molar-refractivity contribution < 1.29 is 23.5 Å². The van der Waals surface area contributed by atoms with Gasteiger partial charge in [-0.15, -0.1) is 11.3 Å². The molecule has 4 unspecified atom stereocenters. The third-order valence-corrected chi connectivity index (χ3v) is 8.75. The number of likely N-dealkylation sites (tertiary alicyclic amines) is 1. The second-order valence-electron chi connectivity index (χ2n) is 10.6. The number of rotatable bonds is 9. The Hall–Kier alpha value is -3.21. The van der Waals surface area contributed by atoms with Crippen molar-refractivity contribution in [2.45, 2.75) is 69.7 Å². The molecule has 2 saturated heterocycles. The van der Waals surface area contributed by atoms with Crippen molar-refractivity contribution in [3.05, 3.63) is 86.9 Å². The Morgan fingerprint density at radius 3 is 2.60 bits per heavy atom. The maximum absolute atomic E-state index is 13.9. The lowest BCUT2D eigenvalue weighted by molar-refractivity contribution is 0.0732. The van der Waals surface area contributed by atoms with E-state index in [1.165, 1.54) is 23.5 Å². The molecule has 3 heterocycles. The van der Waals surface area contributed by atoms with Gasteiger partial charge in [0.15, 0.2) is 0 Å². The van der Waals surface area contributed by atoms with Gasteiger partial charge in [-0.25, -0.2) is 13.8 Å². The maximum atomic E-state index is 13.9. The summed E-state index contributed by atoms with van der Waals surface area (Å²) in [6, 6.07) is 12.1. The number of nitrogens with one attached hydrogen (secondary N) is 2. The number of benzene rings is 2. The second-order valence-corrected chi connectivity index (χ2v) is 11.5. The summed E-state index contributed by atoms with van der Waals surface area (Å²) in [4.78, 5) is 33.3. The van der Waals surface area contributed by atoms with E-state index in [9.17, 15) is 23.5 Å². The molecule has 2 fully saturated rings. The van der Waals surface area contributed by atoms with E-state index in [2.05, 4.69) is 15.6 Å². The molecule has 2 aliphatic rings. The summed E-state index contributed by atoms with van der Waals surface area (Å²) in [5.74, 6) is -1.01. The first-order valence-corrected chi connectivity index (χ1v) is 14.6. The van der Waals surface area contributed by atoms with Crippen molar-refractivity contribution in [3.63, 3.8) is 0 Å². The Morgan fingerprint density at radius 2 is 1.93 bits per heavy atom. The van der Waals surface area contributed by atoms with Crippen LogP contribution in [0.15, 0.2) is 53.9 Å². The predicted molar refractivity (Wildman–Crippen MR) is 150 cm³/mol. The number of hydrogen-bond acceptors (Lipinski definition) is 6. The smallest absolute Gasteiger partial charge is 0.263 e. The van der Waals surface area contributed by atoms with Crippen molar-refractivity contribution in [1.82, 2.24) is 20.5 Å². The number of thiazole rings is 1. The molecule has 3 N–H and O–H groups in total. The number of hydrogen-bond donors (Lipinski definition) is 3. The molecule has 10 heteroatoms. The molecule has 212 valence electrons. The molecule has 0 radical (unpaired) electrons. The van der Waals surface area contributed by atoms with Crippen LogP contribution in [0, 0.1) is 6.92 Å². The second kappa shape index (κ2) is 12.5. The minimum absolute atomic E-state index is 0.0355. The molecule has 3 aromatic rings. The summed E-state index contributed by atoms with van der Waals surface area (Å²) in [7, 11) is 0. The molecule has 0 aliphatic carbocycles. The highest BCUT2D eigenvalue weighted by molar-refractivity contribution is 7.09. The van der Waals surface area contributed by atoms with Gasteiger partial charge in [-0.05, 0) is 69.3 Å². The third kappa shape index (κ3) is 6.40. The van der Waals surface area contributed by atoms with Gasteiger partial charge in [-0.2, -0.15) is 0 Å². The molecule has 4 atom stereocenters. The van der Waals surface area contributed by atoms with E-state index in [0.717, 1.165) is 54.6 Å². The molecule has 0 bridgehead atoms. The fourth-order valence-corrected chi connectivity index (χ4v) is 6.59. The first-order chi connectivity index (χ1) is 19.3. The van der Waals surface area contributed by atoms with Crippen LogP contribution >= 0.6 is 11.3 Å². The van der Waals surface area contributed by atoms with Crippen molar-refractivity contribution >= 4 is 23.2 Å². The third-order valence-electron chi connectivity index (χ3n) is 7.69. The minimum Gasteiger partial charge on any atom is -0.389 e. The van der Waals surface area contributed by atoms with E-state index in [4.69, 9.17) is 0 Å². The Morgan fingerprint density at radius 1 is 1.15 bits per heavy atom. The van der Waals surface area contributed by atoms with Crippen LogP contribution in [-0.4, -0.2) is 58.1 Å². The predicted octanol–water partition coefficient (Wildman–Crippen LogP) is 4.82. The number of alkyl halides is 2. The number of aromatic nitrogens is 1. The number of amides is 2. The average Bonchev–Trinajstić information content (AvgIpc) is 3.74. The maximum Gasteiger partial charge on any atom is 0.263 e. The Labute approximate surface area is 236 Å². The van der Waals surface area contributed by atoms with Crippen LogP contribution in [0.1, 0.15) is 80.7 Å². The van der Waals surface area contributed by atoms with Gasteiger partial charge in [-0.3, -0.25) is 9.59 Å². The molecular formula is C30H34F2N4O3S. The van der Waals surface area contributed by atoms with E-state index in [0.29, 0.717) is 13.0 Å². The fraction of sp³-hybridized carbons (Fsp3) is 0.433. The summed E-state index contributed by atoms with van der Waals surface area (Å²) in [5.41, 5.74) is 1.42. The van der Waals surface area contributed by atoms with Crippen molar-refractivity contribution in [3.8, 4) is 0 Å². The topological polar surface area (TPSA) is 94.6 Å². The van der Waals surface area contributed by atoms with E-state index in [1.54, 1.807) is 4.90 Å². The summed E-state index contributed by atoms with van der Waals surface area (Å²) < 4.78 is 27.9. The van der Waals surface area contributed by atoms with Crippen LogP contribution in [0.25, 0.3) is 0 Å². The monoisotopic (exact) mass is 568 g/mol. The number of halogens is 2. The normalized spacial score (nSPS) is 20.6. The van der Waals surface area contributed by atoms with Gasteiger partial charge in [0.2, 0.25) is 0 Å². The zero-order valence-electron chi connectivity index (χ0n) is 22.4. The van der Waals surface area contributed by atoms with Gasteiger partial charge in [-0.1, -0.05) is 30.3 Å². The van der Waals surface area contributed by atoms with E-state index >= 15 is 0 Å². The van der Waals surface area contributed by atoms with Gasteiger partial charge < -0.3 is 20.6 Å². The summed E-state index contributed by atoms with van der Waals surface area (Å²) >= 11 is 1.48. The highest BCUT2D eigenvalue weighted by atomic mass is 32.1. The molecule has 40 heavy (non-hydrogen) atoms. The van der Waals surface area contributed by atoms with Crippen LogP contribution in [0.3, 0.4) is 0 Å². The van der Waals surface area contributed by atoms with E-state index in [-0.39, 0.29) is 23.2 Å². The van der Waals surface area contributed by atoms with Gasteiger partial charge in [0.05, 0.1) is 18.2 Å². The van der Waals surface area contributed by atoms with Crippen LogP contribution < -0.4 is 10.6 Å². The number of carbonyl (C=O) groups is 2. The van der Waals surface area contributed by atoms with Crippen LogP contribution in [-0.2, 0) is 6.42 Å². The van der Waals surface area contributed by atoms with Gasteiger partial charge in [0, 0.05) is 40.4 Å². The lowest BCUT2D eigenvalue weighted by atomic mass is 9.95.